The lowest BCUT2D eigenvalue weighted by atomic mass is 9.78. The highest BCUT2D eigenvalue weighted by Gasteiger charge is 2.42. The SMILES string of the molecule is CCc1cc2c(s1)CCOC21CCN(CC2CC(NC(=O)CS(C)(=O)=O)C2)CC1. The molecule has 6 nitrogen and oxygen atoms in total. The standard InChI is InChI=1S/C21H32N2O4S2/c1-3-17-12-18-19(28-17)4-9-27-21(18)5-7-23(8-6-21)13-15-10-16(11-15)22-20(24)14-29(2,25)26/h12,15-16H,3-11,13-14H2,1-2H3,(H,22,24). The third-order valence-corrected chi connectivity index (χ3v) is 8.71. The predicted octanol–water partition coefficient (Wildman–Crippen LogP) is 2.11. The van der Waals surface area contributed by atoms with Crippen LogP contribution in [0.25, 0.3) is 0 Å². The molecule has 3 aliphatic rings. The fourth-order valence-electron chi connectivity index (χ4n) is 5.03. The Hall–Kier alpha value is -0.960. The summed E-state index contributed by atoms with van der Waals surface area (Å²) in [6.07, 6.45) is 7.26. The van der Waals surface area contributed by atoms with Crippen molar-refractivity contribution in [2.24, 2.45) is 5.92 Å². The van der Waals surface area contributed by atoms with Gasteiger partial charge in [0, 0.05) is 48.1 Å². The zero-order chi connectivity index (χ0) is 20.6. The van der Waals surface area contributed by atoms with Gasteiger partial charge in [0.05, 0.1) is 12.2 Å². The lowest BCUT2D eigenvalue weighted by molar-refractivity contribution is -0.120. The van der Waals surface area contributed by atoms with Crippen molar-refractivity contribution in [2.75, 3.05) is 38.2 Å². The molecule has 0 aromatic carbocycles. The summed E-state index contributed by atoms with van der Waals surface area (Å²) in [6, 6.07) is 2.53. The number of piperidine rings is 1. The molecule has 0 radical (unpaired) electrons. The number of carbonyl (C=O) groups is 1. The molecule has 0 bridgehead atoms. The quantitative estimate of drug-likeness (QED) is 0.733. The summed E-state index contributed by atoms with van der Waals surface area (Å²) in [5.74, 6) is -0.196. The summed E-state index contributed by atoms with van der Waals surface area (Å²) < 4.78 is 28.8. The van der Waals surface area contributed by atoms with Crippen LogP contribution < -0.4 is 5.32 Å². The number of hydrogen-bond acceptors (Lipinski definition) is 6. The van der Waals surface area contributed by atoms with Crippen LogP contribution in [-0.2, 0) is 37.8 Å². The van der Waals surface area contributed by atoms with Gasteiger partial charge in [-0.15, -0.1) is 11.3 Å². The van der Waals surface area contributed by atoms with Gasteiger partial charge in [0.1, 0.15) is 5.75 Å². The molecular weight excluding hydrogens is 408 g/mol. The molecule has 29 heavy (non-hydrogen) atoms. The third kappa shape index (κ3) is 4.86. The van der Waals surface area contributed by atoms with Crippen LogP contribution in [-0.4, -0.2) is 63.5 Å². The normalized spacial score (nSPS) is 26.7. The summed E-state index contributed by atoms with van der Waals surface area (Å²) in [5, 5.41) is 2.85. The molecule has 162 valence electrons. The minimum absolute atomic E-state index is 0.0736. The Bertz CT molecular complexity index is 850. The number of nitrogens with zero attached hydrogens (tertiary/aromatic N) is 1. The molecule has 2 aliphatic heterocycles. The number of fused-ring (bicyclic) bond motifs is 2. The zero-order valence-corrected chi connectivity index (χ0v) is 19.0. The number of hydrogen-bond donors (Lipinski definition) is 1. The molecule has 1 aromatic heterocycles. The number of aryl methyl sites for hydroxylation is 1. The molecule has 3 heterocycles. The molecule has 1 saturated heterocycles. The Morgan fingerprint density at radius 1 is 1.34 bits per heavy atom. The number of rotatable bonds is 6. The summed E-state index contributed by atoms with van der Waals surface area (Å²) in [5.41, 5.74) is 1.39. The molecule has 1 N–H and O–H groups in total. The highest BCUT2D eigenvalue weighted by molar-refractivity contribution is 7.91. The van der Waals surface area contributed by atoms with Gasteiger partial charge in [-0.1, -0.05) is 6.92 Å². The van der Waals surface area contributed by atoms with Gasteiger partial charge in [0.25, 0.3) is 0 Å². The van der Waals surface area contributed by atoms with Gasteiger partial charge >= 0.3 is 0 Å². The van der Waals surface area contributed by atoms with Gasteiger partial charge in [0.15, 0.2) is 9.84 Å². The third-order valence-electron chi connectivity index (χ3n) is 6.58. The Kier molecular flexibility index (Phi) is 6.08. The van der Waals surface area contributed by atoms with Gasteiger partial charge in [-0.25, -0.2) is 8.42 Å². The molecule has 4 rings (SSSR count). The molecule has 1 saturated carbocycles. The van der Waals surface area contributed by atoms with Crippen molar-refractivity contribution in [2.45, 2.75) is 57.1 Å². The largest absolute Gasteiger partial charge is 0.370 e. The van der Waals surface area contributed by atoms with Gasteiger partial charge in [0.2, 0.25) is 5.91 Å². The number of sulfone groups is 1. The highest BCUT2D eigenvalue weighted by Crippen LogP contribution is 2.45. The van der Waals surface area contributed by atoms with Crippen molar-refractivity contribution in [3.63, 3.8) is 0 Å². The van der Waals surface area contributed by atoms with Crippen molar-refractivity contribution in [3.8, 4) is 0 Å². The van der Waals surface area contributed by atoms with Gasteiger partial charge < -0.3 is 15.0 Å². The maximum atomic E-state index is 11.7. The lowest BCUT2D eigenvalue weighted by Gasteiger charge is -2.46. The first-order valence-corrected chi connectivity index (χ1v) is 13.6. The van der Waals surface area contributed by atoms with E-state index in [1.807, 2.05) is 11.3 Å². The Balaban J connectivity index is 1.24. The maximum absolute atomic E-state index is 11.7. The molecule has 1 aromatic rings. The van der Waals surface area contributed by atoms with E-state index in [-0.39, 0.29) is 17.6 Å². The highest BCUT2D eigenvalue weighted by atomic mass is 32.2. The van der Waals surface area contributed by atoms with Crippen LogP contribution in [0.2, 0.25) is 0 Å². The number of ether oxygens (including phenoxy) is 1. The zero-order valence-electron chi connectivity index (χ0n) is 17.4. The molecule has 2 fully saturated rings. The average Bonchev–Trinajstić information content (AvgIpc) is 3.05. The first kappa shape index (κ1) is 21.3. The summed E-state index contributed by atoms with van der Waals surface area (Å²) >= 11 is 1.97. The number of amides is 1. The number of likely N-dealkylation sites (tertiary alicyclic amines) is 1. The van der Waals surface area contributed by atoms with Gasteiger partial charge in [-0.05, 0) is 49.7 Å². The molecule has 1 spiro atoms. The van der Waals surface area contributed by atoms with Crippen molar-refractivity contribution in [3.05, 3.63) is 21.4 Å². The van der Waals surface area contributed by atoms with Crippen LogP contribution in [0, 0.1) is 5.92 Å². The van der Waals surface area contributed by atoms with Crippen LogP contribution in [0.1, 0.15) is 47.9 Å². The second kappa shape index (κ2) is 8.29. The van der Waals surface area contributed by atoms with E-state index in [0.29, 0.717) is 5.92 Å². The topological polar surface area (TPSA) is 75.7 Å². The smallest absolute Gasteiger partial charge is 0.235 e. The summed E-state index contributed by atoms with van der Waals surface area (Å²) in [6.45, 7) is 6.24. The maximum Gasteiger partial charge on any atom is 0.235 e. The Labute approximate surface area is 177 Å². The molecule has 0 unspecified atom stereocenters. The lowest BCUT2D eigenvalue weighted by Crippen LogP contribution is -2.51. The molecular formula is C21H32N2O4S2. The summed E-state index contributed by atoms with van der Waals surface area (Å²) in [7, 11) is -3.26. The molecule has 1 aliphatic carbocycles. The first-order valence-electron chi connectivity index (χ1n) is 10.7. The second-order valence-corrected chi connectivity index (χ2v) is 12.3. The van der Waals surface area contributed by atoms with Crippen LogP contribution >= 0.6 is 11.3 Å². The van der Waals surface area contributed by atoms with E-state index in [2.05, 4.69) is 23.2 Å². The van der Waals surface area contributed by atoms with Crippen LogP contribution in [0.4, 0.5) is 0 Å². The van der Waals surface area contributed by atoms with E-state index < -0.39 is 15.6 Å². The first-order chi connectivity index (χ1) is 13.8. The number of nitrogens with one attached hydrogen (secondary N) is 1. The van der Waals surface area contributed by atoms with E-state index in [4.69, 9.17) is 4.74 Å². The fraction of sp³-hybridized carbons (Fsp3) is 0.762. The van der Waals surface area contributed by atoms with E-state index in [0.717, 1.165) is 71.0 Å². The average molecular weight is 441 g/mol. The predicted molar refractivity (Wildman–Crippen MR) is 115 cm³/mol. The van der Waals surface area contributed by atoms with E-state index in [9.17, 15) is 13.2 Å². The minimum Gasteiger partial charge on any atom is -0.370 e. The van der Waals surface area contributed by atoms with E-state index >= 15 is 0 Å². The van der Waals surface area contributed by atoms with Gasteiger partial charge in [-0.3, -0.25) is 4.79 Å². The van der Waals surface area contributed by atoms with Crippen molar-refractivity contribution >= 4 is 27.1 Å². The second-order valence-electron chi connectivity index (χ2n) is 8.97. The van der Waals surface area contributed by atoms with E-state index in [1.54, 1.807) is 0 Å². The van der Waals surface area contributed by atoms with Gasteiger partial charge in [-0.2, -0.15) is 0 Å². The van der Waals surface area contributed by atoms with Crippen molar-refractivity contribution in [1.82, 2.24) is 10.2 Å². The van der Waals surface area contributed by atoms with Crippen molar-refractivity contribution in [1.29, 1.82) is 0 Å². The van der Waals surface area contributed by atoms with Crippen molar-refractivity contribution < 1.29 is 17.9 Å². The minimum atomic E-state index is -3.26. The monoisotopic (exact) mass is 440 g/mol. The van der Waals surface area contributed by atoms with Crippen LogP contribution in [0.3, 0.4) is 0 Å². The van der Waals surface area contributed by atoms with E-state index in [1.165, 1.54) is 15.3 Å². The Morgan fingerprint density at radius 2 is 2.07 bits per heavy atom. The molecule has 0 atom stereocenters. The summed E-state index contributed by atoms with van der Waals surface area (Å²) in [4.78, 5) is 17.3. The fourth-order valence-corrected chi connectivity index (χ4v) is 6.77. The molecule has 1 amide bonds. The van der Waals surface area contributed by atoms with Crippen LogP contribution in [0.5, 0.6) is 0 Å². The van der Waals surface area contributed by atoms with Crippen LogP contribution in [0.15, 0.2) is 6.07 Å². The number of carbonyl (C=O) groups excluding carboxylic acids is 1. The number of thiophene rings is 1. The Morgan fingerprint density at radius 3 is 2.72 bits per heavy atom. The molecule has 8 heteroatoms.